The number of benzene rings is 2. The van der Waals surface area contributed by atoms with Gasteiger partial charge in [0.05, 0.1) is 21.7 Å². The Morgan fingerprint density at radius 1 is 1.16 bits per heavy atom. The lowest BCUT2D eigenvalue weighted by Gasteiger charge is -2.10. The molecule has 0 spiro atoms. The second-order valence-corrected chi connectivity index (χ2v) is 5.49. The fourth-order valence-corrected chi connectivity index (χ4v) is 2.96. The number of para-hydroxylation sites is 1. The van der Waals surface area contributed by atoms with E-state index in [4.69, 9.17) is 23.8 Å². The smallest absolute Gasteiger partial charge is 0.182 e. The molecule has 3 rings (SSSR count). The van der Waals surface area contributed by atoms with Gasteiger partial charge in [-0.1, -0.05) is 29.8 Å². The maximum atomic E-state index is 6.34. The molecule has 0 atom stereocenters. The first-order valence-corrected chi connectivity index (χ1v) is 6.83. The van der Waals surface area contributed by atoms with Crippen LogP contribution in [0.25, 0.3) is 16.7 Å². The molecule has 1 heterocycles. The first kappa shape index (κ1) is 12.5. The summed E-state index contributed by atoms with van der Waals surface area (Å²) >= 11 is 11.8. The topological polar surface area (TPSA) is 20.7 Å². The van der Waals surface area contributed by atoms with Crippen molar-refractivity contribution in [1.29, 1.82) is 0 Å². The molecule has 2 aromatic carbocycles. The highest BCUT2D eigenvalue weighted by Crippen LogP contribution is 2.28. The van der Waals surface area contributed by atoms with Gasteiger partial charge in [0.1, 0.15) is 0 Å². The molecule has 0 aliphatic carbocycles. The molecule has 0 aliphatic heterocycles. The summed E-state index contributed by atoms with van der Waals surface area (Å²) in [6.45, 7) is 4.10. The SMILES string of the molecule is Cc1ccc2c(c1)[nH]c(=S)n2-c1c(C)cccc1Cl. The molecule has 3 aromatic rings. The fraction of sp³-hybridized carbons (Fsp3) is 0.133. The maximum absolute atomic E-state index is 6.34. The third-order valence-electron chi connectivity index (χ3n) is 3.25. The standard InChI is InChI=1S/C15H13ClN2S/c1-9-6-7-13-12(8-9)17-15(19)18(13)14-10(2)4-3-5-11(14)16/h3-8H,1-2H3,(H,17,19). The minimum Gasteiger partial charge on any atom is -0.330 e. The van der Waals surface area contributed by atoms with Crippen molar-refractivity contribution in [3.05, 3.63) is 57.3 Å². The molecule has 0 aliphatic rings. The first-order chi connectivity index (χ1) is 9.08. The summed E-state index contributed by atoms with van der Waals surface area (Å²) in [4.78, 5) is 3.24. The number of H-pyrrole nitrogens is 1. The Morgan fingerprint density at radius 2 is 1.95 bits per heavy atom. The molecule has 2 nitrogen and oxygen atoms in total. The molecule has 96 valence electrons. The Labute approximate surface area is 121 Å². The van der Waals surface area contributed by atoms with E-state index < -0.39 is 0 Å². The molecule has 0 radical (unpaired) electrons. The number of rotatable bonds is 1. The highest BCUT2D eigenvalue weighted by molar-refractivity contribution is 7.71. The molecule has 0 saturated heterocycles. The summed E-state index contributed by atoms with van der Waals surface area (Å²) in [5.41, 5.74) is 5.33. The van der Waals surface area contributed by atoms with Crippen LogP contribution in [0.3, 0.4) is 0 Å². The summed E-state index contributed by atoms with van der Waals surface area (Å²) in [7, 11) is 0. The van der Waals surface area contributed by atoms with Crippen molar-refractivity contribution in [2.45, 2.75) is 13.8 Å². The molecule has 0 saturated carbocycles. The van der Waals surface area contributed by atoms with Gasteiger partial charge in [-0.05, 0) is 55.4 Å². The van der Waals surface area contributed by atoms with Crippen LogP contribution in [0.2, 0.25) is 5.02 Å². The normalized spacial score (nSPS) is 11.1. The van der Waals surface area contributed by atoms with Crippen molar-refractivity contribution in [1.82, 2.24) is 9.55 Å². The minimum atomic E-state index is 0.664. The number of aryl methyl sites for hydroxylation is 2. The van der Waals surface area contributed by atoms with E-state index >= 15 is 0 Å². The Bertz CT molecular complexity index is 810. The monoisotopic (exact) mass is 288 g/mol. The zero-order chi connectivity index (χ0) is 13.6. The van der Waals surface area contributed by atoms with Crippen molar-refractivity contribution in [3.63, 3.8) is 0 Å². The number of aromatic nitrogens is 2. The van der Waals surface area contributed by atoms with Crippen LogP contribution in [-0.4, -0.2) is 9.55 Å². The van der Waals surface area contributed by atoms with E-state index in [0.717, 1.165) is 22.3 Å². The van der Waals surface area contributed by atoms with Crippen LogP contribution in [0.1, 0.15) is 11.1 Å². The average Bonchev–Trinajstić information content (AvgIpc) is 2.65. The lowest BCUT2D eigenvalue weighted by molar-refractivity contribution is 1.05. The number of halogens is 1. The van der Waals surface area contributed by atoms with E-state index in [1.54, 1.807) is 0 Å². The molecule has 0 fully saturated rings. The van der Waals surface area contributed by atoms with Crippen LogP contribution >= 0.6 is 23.8 Å². The van der Waals surface area contributed by atoms with Crippen molar-refractivity contribution in [3.8, 4) is 5.69 Å². The minimum absolute atomic E-state index is 0.664. The van der Waals surface area contributed by atoms with E-state index in [1.807, 2.05) is 29.7 Å². The zero-order valence-electron chi connectivity index (χ0n) is 10.7. The molecule has 1 aromatic heterocycles. The van der Waals surface area contributed by atoms with Gasteiger partial charge in [-0.15, -0.1) is 0 Å². The molecule has 4 heteroatoms. The van der Waals surface area contributed by atoms with Gasteiger partial charge in [-0.2, -0.15) is 0 Å². The molecule has 0 bridgehead atoms. The van der Waals surface area contributed by atoms with Crippen LogP contribution in [-0.2, 0) is 0 Å². The van der Waals surface area contributed by atoms with Gasteiger partial charge < -0.3 is 4.98 Å². The largest absolute Gasteiger partial charge is 0.330 e. The zero-order valence-corrected chi connectivity index (χ0v) is 12.3. The highest BCUT2D eigenvalue weighted by atomic mass is 35.5. The molecule has 1 N–H and O–H groups in total. The number of hydrogen-bond acceptors (Lipinski definition) is 1. The quantitative estimate of drug-likeness (QED) is 0.628. The van der Waals surface area contributed by atoms with Crippen LogP contribution in [0.5, 0.6) is 0 Å². The summed E-state index contributed by atoms with van der Waals surface area (Å²) in [6.07, 6.45) is 0. The molecule has 0 amide bonds. The summed E-state index contributed by atoms with van der Waals surface area (Å²) < 4.78 is 2.67. The third-order valence-corrected chi connectivity index (χ3v) is 3.84. The summed E-state index contributed by atoms with van der Waals surface area (Å²) in [6, 6.07) is 12.1. The Hall–Kier alpha value is -1.58. The van der Waals surface area contributed by atoms with E-state index in [9.17, 15) is 0 Å². The first-order valence-electron chi connectivity index (χ1n) is 6.05. The van der Waals surface area contributed by atoms with E-state index in [-0.39, 0.29) is 0 Å². The van der Waals surface area contributed by atoms with Crippen molar-refractivity contribution in [2.24, 2.45) is 0 Å². The van der Waals surface area contributed by atoms with Gasteiger partial charge >= 0.3 is 0 Å². The van der Waals surface area contributed by atoms with E-state index in [1.165, 1.54) is 5.56 Å². The van der Waals surface area contributed by atoms with Crippen molar-refractivity contribution in [2.75, 3.05) is 0 Å². The predicted octanol–water partition coefficient (Wildman–Crippen LogP) is 4.96. The number of nitrogens with zero attached hydrogens (tertiary/aromatic N) is 1. The van der Waals surface area contributed by atoms with Gasteiger partial charge in [0.2, 0.25) is 0 Å². The van der Waals surface area contributed by atoms with Gasteiger partial charge in [-0.3, -0.25) is 4.57 Å². The van der Waals surface area contributed by atoms with Crippen LogP contribution in [0.4, 0.5) is 0 Å². The van der Waals surface area contributed by atoms with Crippen molar-refractivity contribution >= 4 is 34.9 Å². The Kier molecular flexibility index (Phi) is 2.96. The summed E-state index contributed by atoms with van der Waals surface area (Å²) in [5.74, 6) is 0. The van der Waals surface area contributed by atoms with Crippen molar-refractivity contribution < 1.29 is 0 Å². The van der Waals surface area contributed by atoms with Gasteiger partial charge in [0.25, 0.3) is 0 Å². The average molecular weight is 289 g/mol. The maximum Gasteiger partial charge on any atom is 0.182 e. The lowest BCUT2D eigenvalue weighted by Crippen LogP contribution is -1.98. The van der Waals surface area contributed by atoms with Gasteiger partial charge in [0, 0.05) is 0 Å². The lowest BCUT2D eigenvalue weighted by atomic mass is 10.2. The molecule has 19 heavy (non-hydrogen) atoms. The van der Waals surface area contributed by atoms with Crippen LogP contribution in [0.15, 0.2) is 36.4 Å². The fourth-order valence-electron chi connectivity index (χ4n) is 2.35. The number of imidazole rings is 1. The number of aromatic amines is 1. The Morgan fingerprint density at radius 3 is 2.68 bits per heavy atom. The second kappa shape index (κ2) is 4.51. The predicted molar refractivity (Wildman–Crippen MR) is 82.9 cm³/mol. The number of nitrogens with one attached hydrogen (secondary N) is 1. The summed E-state index contributed by atoms with van der Waals surface area (Å²) in [5, 5.41) is 0.706. The molecular weight excluding hydrogens is 276 g/mol. The van der Waals surface area contributed by atoms with Crippen LogP contribution < -0.4 is 0 Å². The number of hydrogen-bond donors (Lipinski definition) is 1. The highest BCUT2D eigenvalue weighted by Gasteiger charge is 2.11. The Balaban J connectivity index is 2.43. The van der Waals surface area contributed by atoms with Gasteiger partial charge in [0.15, 0.2) is 4.77 Å². The molecule has 0 unspecified atom stereocenters. The molecular formula is C15H13ClN2S. The van der Waals surface area contributed by atoms with E-state index in [2.05, 4.69) is 30.1 Å². The van der Waals surface area contributed by atoms with Crippen LogP contribution in [0, 0.1) is 18.6 Å². The third kappa shape index (κ3) is 1.99. The second-order valence-electron chi connectivity index (χ2n) is 4.69. The van der Waals surface area contributed by atoms with E-state index in [0.29, 0.717) is 9.79 Å². The van der Waals surface area contributed by atoms with Gasteiger partial charge in [-0.25, -0.2) is 0 Å². The number of fused-ring (bicyclic) bond motifs is 1.